The Morgan fingerprint density at radius 3 is 1.79 bits per heavy atom. The molecule has 4 aromatic rings. The highest BCUT2D eigenvalue weighted by molar-refractivity contribution is 5.82. The Balaban J connectivity index is 1.37. The number of benzene rings is 2. The number of hydrogen-bond acceptors (Lipinski definition) is 6. The molecule has 1 fully saturated rings. The quantitative estimate of drug-likeness (QED) is 0.451. The third-order valence-electron chi connectivity index (χ3n) is 6.48. The van der Waals surface area contributed by atoms with E-state index in [0.29, 0.717) is 0 Å². The number of aromatic nitrogens is 4. The molecule has 0 aliphatic carbocycles. The lowest BCUT2D eigenvalue weighted by molar-refractivity contribution is 0.0394. The van der Waals surface area contributed by atoms with Gasteiger partial charge in [0.25, 0.3) is 0 Å². The van der Waals surface area contributed by atoms with E-state index in [-0.39, 0.29) is 0 Å². The minimum Gasteiger partial charge on any atom is -0.453 e. The molecule has 0 atom stereocenters. The monoisotopic (exact) mass is 456 g/mol. The molecule has 1 saturated heterocycles. The van der Waals surface area contributed by atoms with Gasteiger partial charge in [-0.2, -0.15) is 10.2 Å². The van der Waals surface area contributed by atoms with E-state index in [2.05, 4.69) is 56.4 Å². The summed E-state index contributed by atoms with van der Waals surface area (Å²) in [6.45, 7) is 5.39. The van der Waals surface area contributed by atoms with Crippen LogP contribution in [0.2, 0.25) is 0 Å². The van der Waals surface area contributed by atoms with E-state index in [4.69, 9.17) is 9.47 Å². The summed E-state index contributed by atoms with van der Waals surface area (Å²) in [6.07, 6.45) is 3.91. The molecular weight excluding hydrogens is 428 g/mol. The maximum Gasteiger partial charge on any atom is 0.151 e. The lowest BCUT2D eigenvalue weighted by Gasteiger charge is -2.35. The third kappa shape index (κ3) is 3.95. The van der Waals surface area contributed by atoms with Gasteiger partial charge < -0.3 is 14.4 Å². The van der Waals surface area contributed by atoms with Crippen LogP contribution in [0.4, 0.5) is 11.4 Å². The van der Waals surface area contributed by atoms with Gasteiger partial charge in [0.15, 0.2) is 11.5 Å². The molecule has 2 aliphatic heterocycles. The van der Waals surface area contributed by atoms with Gasteiger partial charge in [0, 0.05) is 63.8 Å². The summed E-state index contributed by atoms with van der Waals surface area (Å²) in [5.74, 6) is 1.69. The molecule has 0 radical (unpaired) electrons. The zero-order chi connectivity index (χ0) is 23.1. The first kappa shape index (κ1) is 20.9. The summed E-state index contributed by atoms with van der Waals surface area (Å²) in [5.41, 5.74) is 6.09. The molecule has 0 unspecified atom stereocenters. The molecule has 0 saturated carbocycles. The molecule has 6 rings (SSSR count). The molecule has 8 heteroatoms. The van der Waals surface area contributed by atoms with Crippen molar-refractivity contribution in [2.24, 2.45) is 14.1 Å². The highest BCUT2D eigenvalue weighted by atomic mass is 16.5. The number of anilines is 2. The molecular formula is C26H28N6O2. The Hall–Kier alpha value is -3.62. The van der Waals surface area contributed by atoms with E-state index in [1.165, 1.54) is 0 Å². The summed E-state index contributed by atoms with van der Waals surface area (Å²) < 4.78 is 15.7. The Morgan fingerprint density at radius 2 is 1.29 bits per heavy atom. The number of nitrogens with zero attached hydrogens (tertiary/aromatic N) is 6. The fraction of sp³-hybridized carbons (Fsp3) is 0.308. The first-order valence-electron chi connectivity index (χ1n) is 11.7. The van der Waals surface area contributed by atoms with Crippen LogP contribution >= 0.6 is 0 Å². The van der Waals surface area contributed by atoms with E-state index in [1.807, 2.05) is 48.0 Å². The molecule has 8 nitrogen and oxygen atoms in total. The fourth-order valence-corrected chi connectivity index (χ4v) is 4.65. The van der Waals surface area contributed by atoms with Crippen LogP contribution in [0.25, 0.3) is 22.5 Å². The fourth-order valence-electron chi connectivity index (χ4n) is 4.65. The van der Waals surface area contributed by atoms with Crippen LogP contribution in [0.5, 0.6) is 11.5 Å². The summed E-state index contributed by atoms with van der Waals surface area (Å²) in [5, 5.41) is 9.13. The SMILES string of the molecule is Cn1ccc(-c2ccc3c(c2)Oc2cc(-c4ccn(C)n4)ccc2N3CCN2CCOCC2)n1. The van der Waals surface area contributed by atoms with Crippen molar-refractivity contribution in [2.75, 3.05) is 44.3 Å². The van der Waals surface area contributed by atoms with E-state index in [9.17, 15) is 0 Å². The first-order chi connectivity index (χ1) is 16.6. The minimum atomic E-state index is 0.803. The lowest BCUT2D eigenvalue weighted by Crippen LogP contribution is -2.41. The Kier molecular flexibility index (Phi) is 5.31. The van der Waals surface area contributed by atoms with Crippen LogP contribution < -0.4 is 9.64 Å². The topological polar surface area (TPSA) is 60.6 Å². The van der Waals surface area contributed by atoms with Crippen LogP contribution in [0.1, 0.15) is 0 Å². The van der Waals surface area contributed by atoms with Gasteiger partial charge >= 0.3 is 0 Å². The zero-order valence-corrected chi connectivity index (χ0v) is 19.5. The molecule has 0 amide bonds. The zero-order valence-electron chi connectivity index (χ0n) is 19.5. The van der Waals surface area contributed by atoms with Gasteiger partial charge in [0.2, 0.25) is 0 Å². The molecule has 4 heterocycles. The second-order valence-electron chi connectivity index (χ2n) is 8.82. The average Bonchev–Trinajstić information content (AvgIpc) is 3.50. The lowest BCUT2D eigenvalue weighted by atomic mass is 10.1. The average molecular weight is 457 g/mol. The molecule has 174 valence electrons. The van der Waals surface area contributed by atoms with Crippen LogP contribution in [-0.2, 0) is 18.8 Å². The summed E-state index contributed by atoms with van der Waals surface area (Å²) >= 11 is 0. The first-order valence-corrected chi connectivity index (χ1v) is 11.7. The van der Waals surface area contributed by atoms with E-state index in [0.717, 1.165) is 84.8 Å². The normalized spacial score (nSPS) is 15.6. The number of fused-ring (bicyclic) bond motifs is 2. The Bertz CT molecular complexity index is 1230. The number of ether oxygens (including phenoxy) is 2. The maximum absolute atomic E-state index is 6.49. The van der Waals surface area contributed by atoms with Gasteiger partial charge in [-0.1, -0.05) is 12.1 Å². The highest BCUT2D eigenvalue weighted by Gasteiger charge is 2.26. The highest BCUT2D eigenvalue weighted by Crippen LogP contribution is 2.48. The number of aryl methyl sites for hydroxylation is 2. The van der Waals surface area contributed by atoms with Crippen molar-refractivity contribution in [3.8, 4) is 34.0 Å². The number of hydrogen-bond donors (Lipinski definition) is 0. The van der Waals surface area contributed by atoms with Gasteiger partial charge in [-0.25, -0.2) is 0 Å². The summed E-state index contributed by atoms with van der Waals surface area (Å²) in [7, 11) is 3.86. The van der Waals surface area contributed by atoms with Gasteiger partial charge in [-0.3, -0.25) is 14.3 Å². The molecule has 2 aliphatic rings. The predicted octanol–water partition coefficient (Wildman–Crippen LogP) is 4.06. The van der Waals surface area contributed by atoms with Crippen LogP contribution in [0.3, 0.4) is 0 Å². The molecule has 0 N–H and O–H groups in total. The van der Waals surface area contributed by atoms with Crippen molar-refractivity contribution >= 4 is 11.4 Å². The van der Waals surface area contributed by atoms with Gasteiger partial charge in [-0.05, 0) is 36.4 Å². The Morgan fingerprint density at radius 1 is 0.735 bits per heavy atom. The summed E-state index contributed by atoms with van der Waals surface area (Å²) in [6, 6.07) is 16.8. The van der Waals surface area contributed by atoms with Crippen molar-refractivity contribution in [3.05, 3.63) is 60.9 Å². The van der Waals surface area contributed by atoms with E-state index < -0.39 is 0 Å². The molecule has 2 aromatic carbocycles. The second-order valence-corrected chi connectivity index (χ2v) is 8.82. The van der Waals surface area contributed by atoms with Gasteiger partial charge in [-0.15, -0.1) is 0 Å². The van der Waals surface area contributed by atoms with E-state index in [1.54, 1.807) is 0 Å². The van der Waals surface area contributed by atoms with Crippen LogP contribution in [-0.4, -0.2) is 63.9 Å². The minimum absolute atomic E-state index is 0.803. The third-order valence-corrected chi connectivity index (χ3v) is 6.48. The summed E-state index contributed by atoms with van der Waals surface area (Å²) in [4.78, 5) is 4.83. The maximum atomic E-state index is 6.49. The molecule has 2 aromatic heterocycles. The van der Waals surface area contributed by atoms with Gasteiger partial charge in [0.1, 0.15) is 0 Å². The largest absolute Gasteiger partial charge is 0.453 e. The van der Waals surface area contributed by atoms with Crippen LogP contribution in [0, 0.1) is 0 Å². The van der Waals surface area contributed by atoms with E-state index >= 15 is 0 Å². The molecule has 0 bridgehead atoms. The molecule has 0 spiro atoms. The number of morpholine rings is 1. The van der Waals surface area contributed by atoms with Crippen molar-refractivity contribution in [1.82, 2.24) is 24.5 Å². The molecule has 34 heavy (non-hydrogen) atoms. The van der Waals surface area contributed by atoms with Crippen molar-refractivity contribution < 1.29 is 9.47 Å². The second kappa shape index (κ2) is 8.62. The number of rotatable bonds is 5. The van der Waals surface area contributed by atoms with Crippen LogP contribution in [0.15, 0.2) is 60.9 Å². The Labute approximate surface area is 198 Å². The van der Waals surface area contributed by atoms with Crippen molar-refractivity contribution in [1.29, 1.82) is 0 Å². The smallest absolute Gasteiger partial charge is 0.151 e. The standard InChI is InChI=1S/C26H28N6O2/c1-29-9-7-21(27-29)19-3-5-23-25(17-19)34-26-18-20(22-8-10-30(2)28-22)4-6-24(26)32(23)12-11-31-13-15-33-16-14-31/h3-10,17-18H,11-16H2,1-2H3. The van der Waals surface area contributed by atoms with Gasteiger partial charge in [0.05, 0.1) is 36.0 Å². The van der Waals surface area contributed by atoms with Crippen molar-refractivity contribution in [2.45, 2.75) is 0 Å². The predicted molar refractivity (Wildman–Crippen MR) is 132 cm³/mol. The van der Waals surface area contributed by atoms with Crippen molar-refractivity contribution in [3.63, 3.8) is 0 Å².